The lowest BCUT2D eigenvalue weighted by Crippen LogP contribution is -2.39. The van der Waals surface area contributed by atoms with Crippen molar-refractivity contribution in [2.24, 2.45) is 5.92 Å². The number of anilines is 1. The van der Waals surface area contributed by atoms with Crippen LogP contribution in [0.15, 0.2) is 12.1 Å². The molecule has 0 unspecified atom stereocenters. The van der Waals surface area contributed by atoms with Crippen molar-refractivity contribution >= 4 is 11.6 Å². The third-order valence-electron chi connectivity index (χ3n) is 6.09. The Hall–Kier alpha value is -1.42. The molecule has 26 heavy (non-hydrogen) atoms. The molecule has 2 aliphatic heterocycles. The number of unbranched alkanes of at least 4 members (excludes halogenated alkanes) is 1. The van der Waals surface area contributed by atoms with Gasteiger partial charge in [-0.05, 0) is 81.4 Å². The van der Waals surface area contributed by atoms with Gasteiger partial charge in [-0.1, -0.05) is 26.2 Å². The summed E-state index contributed by atoms with van der Waals surface area (Å²) in [7, 11) is 0. The van der Waals surface area contributed by atoms with Crippen molar-refractivity contribution in [1.82, 2.24) is 4.90 Å². The van der Waals surface area contributed by atoms with Crippen molar-refractivity contribution in [3.05, 3.63) is 29.1 Å². The fraction of sp³-hybridized carbons (Fsp3) is 0.682. The van der Waals surface area contributed by atoms with Gasteiger partial charge in [-0.2, -0.15) is 0 Å². The van der Waals surface area contributed by atoms with E-state index in [4.69, 9.17) is 0 Å². The van der Waals surface area contributed by atoms with Crippen molar-refractivity contribution < 1.29 is 9.18 Å². The lowest BCUT2D eigenvalue weighted by Gasteiger charge is -2.34. The van der Waals surface area contributed by atoms with Gasteiger partial charge in [0.2, 0.25) is 5.91 Å². The van der Waals surface area contributed by atoms with Gasteiger partial charge < -0.3 is 9.80 Å². The predicted octanol–water partition coefficient (Wildman–Crippen LogP) is 4.71. The maximum absolute atomic E-state index is 13.8. The van der Waals surface area contributed by atoms with E-state index < -0.39 is 0 Å². The van der Waals surface area contributed by atoms with Gasteiger partial charge >= 0.3 is 0 Å². The normalized spacial score (nSPS) is 19.0. The van der Waals surface area contributed by atoms with Gasteiger partial charge in [-0.3, -0.25) is 4.79 Å². The molecule has 0 aromatic heterocycles. The van der Waals surface area contributed by atoms with Crippen molar-refractivity contribution in [3.63, 3.8) is 0 Å². The third kappa shape index (κ3) is 4.64. The van der Waals surface area contributed by atoms with Crippen LogP contribution in [-0.4, -0.2) is 37.0 Å². The van der Waals surface area contributed by atoms with E-state index in [1.54, 1.807) is 13.0 Å². The summed E-state index contributed by atoms with van der Waals surface area (Å²) in [5.41, 5.74) is 2.53. The molecule has 1 amide bonds. The summed E-state index contributed by atoms with van der Waals surface area (Å²) in [5, 5.41) is 0. The second-order valence-corrected chi connectivity index (χ2v) is 8.06. The minimum Gasteiger partial charge on any atom is -0.312 e. The number of piperidine rings is 1. The Bertz CT molecular complexity index is 623. The minimum atomic E-state index is -0.163. The van der Waals surface area contributed by atoms with Crippen molar-refractivity contribution in [2.45, 2.75) is 65.2 Å². The van der Waals surface area contributed by atoms with Crippen LogP contribution in [0.25, 0.3) is 0 Å². The summed E-state index contributed by atoms with van der Waals surface area (Å²) in [6.45, 7) is 8.24. The SMILES string of the molecule is CCCCC1CCN(CCCN2C(=O)CCc3cc(F)c(C)cc32)CC1. The number of carbonyl (C=O) groups excluding carboxylic acids is 1. The molecule has 2 aliphatic rings. The van der Waals surface area contributed by atoms with E-state index in [9.17, 15) is 9.18 Å². The molecule has 1 aromatic carbocycles. The number of halogens is 1. The first-order valence-corrected chi connectivity index (χ1v) is 10.4. The Morgan fingerprint density at radius 2 is 1.88 bits per heavy atom. The van der Waals surface area contributed by atoms with E-state index in [0.29, 0.717) is 18.4 Å². The molecule has 1 saturated heterocycles. The summed E-state index contributed by atoms with van der Waals surface area (Å²) < 4.78 is 13.8. The van der Waals surface area contributed by atoms with Crippen LogP contribution in [0.1, 0.15) is 63.0 Å². The first-order chi connectivity index (χ1) is 12.6. The highest BCUT2D eigenvalue weighted by molar-refractivity contribution is 5.96. The number of rotatable bonds is 7. The minimum absolute atomic E-state index is 0.163. The summed E-state index contributed by atoms with van der Waals surface area (Å²) >= 11 is 0. The van der Waals surface area contributed by atoms with Crippen LogP contribution in [0.3, 0.4) is 0 Å². The lowest BCUT2D eigenvalue weighted by atomic mass is 9.91. The number of aryl methyl sites for hydroxylation is 2. The van der Waals surface area contributed by atoms with E-state index in [2.05, 4.69) is 11.8 Å². The molecule has 0 bridgehead atoms. The zero-order valence-corrected chi connectivity index (χ0v) is 16.4. The molecular formula is C22H33FN2O. The van der Waals surface area contributed by atoms with E-state index in [0.717, 1.165) is 36.7 Å². The second-order valence-electron chi connectivity index (χ2n) is 8.06. The number of carbonyl (C=O) groups is 1. The molecule has 0 radical (unpaired) electrons. The van der Waals surface area contributed by atoms with Crippen LogP contribution in [0.5, 0.6) is 0 Å². The number of nitrogens with zero attached hydrogens (tertiary/aromatic N) is 2. The Morgan fingerprint density at radius 1 is 1.12 bits per heavy atom. The van der Waals surface area contributed by atoms with Crippen LogP contribution in [0, 0.1) is 18.7 Å². The predicted molar refractivity (Wildman–Crippen MR) is 105 cm³/mol. The zero-order chi connectivity index (χ0) is 18.5. The molecular weight excluding hydrogens is 327 g/mol. The van der Waals surface area contributed by atoms with Crippen molar-refractivity contribution in [2.75, 3.05) is 31.1 Å². The summed E-state index contributed by atoms with van der Waals surface area (Å²) in [5.74, 6) is 0.936. The van der Waals surface area contributed by atoms with Crippen molar-refractivity contribution in [1.29, 1.82) is 0 Å². The highest BCUT2D eigenvalue weighted by Crippen LogP contribution is 2.30. The largest absolute Gasteiger partial charge is 0.312 e. The number of benzene rings is 1. The van der Waals surface area contributed by atoms with E-state index in [1.807, 2.05) is 11.0 Å². The molecule has 4 heteroatoms. The maximum Gasteiger partial charge on any atom is 0.227 e. The fourth-order valence-corrected chi connectivity index (χ4v) is 4.36. The molecule has 144 valence electrons. The smallest absolute Gasteiger partial charge is 0.227 e. The quantitative estimate of drug-likeness (QED) is 0.703. The lowest BCUT2D eigenvalue weighted by molar-refractivity contribution is -0.118. The number of fused-ring (bicyclic) bond motifs is 1. The molecule has 3 rings (SSSR count). The van der Waals surface area contributed by atoms with Gasteiger partial charge in [-0.15, -0.1) is 0 Å². The van der Waals surface area contributed by atoms with Gasteiger partial charge in [0.25, 0.3) is 0 Å². The van der Waals surface area contributed by atoms with Gasteiger partial charge in [0.1, 0.15) is 5.82 Å². The number of hydrogen-bond donors (Lipinski definition) is 0. The number of hydrogen-bond acceptors (Lipinski definition) is 2. The van der Waals surface area contributed by atoms with Crippen molar-refractivity contribution in [3.8, 4) is 0 Å². The summed E-state index contributed by atoms with van der Waals surface area (Å²) in [6.07, 6.45) is 8.84. The summed E-state index contributed by atoms with van der Waals surface area (Å²) in [6, 6.07) is 3.46. The Morgan fingerprint density at radius 3 is 2.62 bits per heavy atom. The average Bonchev–Trinajstić information content (AvgIpc) is 2.64. The molecule has 0 N–H and O–H groups in total. The third-order valence-corrected chi connectivity index (χ3v) is 6.09. The molecule has 0 spiro atoms. The molecule has 3 nitrogen and oxygen atoms in total. The van der Waals surface area contributed by atoms with Gasteiger partial charge in [0.05, 0.1) is 0 Å². The van der Waals surface area contributed by atoms with E-state index >= 15 is 0 Å². The van der Waals surface area contributed by atoms with Gasteiger partial charge in [0.15, 0.2) is 0 Å². The first kappa shape index (κ1) is 19.3. The second kappa shape index (κ2) is 8.98. The van der Waals surface area contributed by atoms with Gasteiger partial charge in [0, 0.05) is 18.7 Å². The maximum atomic E-state index is 13.8. The van der Waals surface area contributed by atoms with E-state index in [1.165, 1.54) is 45.2 Å². The van der Waals surface area contributed by atoms with Crippen LogP contribution in [0.4, 0.5) is 10.1 Å². The fourth-order valence-electron chi connectivity index (χ4n) is 4.36. The monoisotopic (exact) mass is 360 g/mol. The Balaban J connectivity index is 1.50. The molecule has 1 aromatic rings. The van der Waals surface area contributed by atoms with Crippen LogP contribution in [-0.2, 0) is 11.2 Å². The molecule has 0 atom stereocenters. The Labute approximate surface area is 157 Å². The van der Waals surface area contributed by atoms with Crippen LogP contribution >= 0.6 is 0 Å². The van der Waals surface area contributed by atoms with Crippen LogP contribution < -0.4 is 4.90 Å². The van der Waals surface area contributed by atoms with Gasteiger partial charge in [-0.25, -0.2) is 4.39 Å². The molecule has 2 heterocycles. The summed E-state index contributed by atoms with van der Waals surface area (Å²) in [4.78, 5) is 16.8. The number of amides is 1. The topological polar surface area (TPSA) is 23.6 Å². The molecule has 1 fully saturated rings. The average molecular weight is 361 g/mol. The zero-order valence-electron chi connectivity index (χ0n) is 16.4. The molecule has 0 saturated carbocycles. The first-order valence-electron chi connectivity index (χ1n) is 10.4. The molecule has 0 aliphatic carbocycles. The van der Waals surface area contributed by atoms with Crippen LogP contribution in [0.2, 0.25) is 0 Å². The van der Waals surface area contributed by atoms with E-state index in [-0.39, 0.29) is 11.7 Å². The standard InChI is InChI=1S/C22H33FN2O/c1-3-4-6-18-9-13-24(14-10-18)11-5-12-25-21-15-17(2)20(23)16-19(21)7-8-22(25)26/h15-16,18H,3-14H2,1-2H3. The Kier molecular flexibility index (Phi) is 6.68. The highest BCUT2D eigenvalue weighted by atomic mass is 19.1. The number of likely N-dealkylation sites (tertiary alicyclic amines) is 1. The highest BCUT2D eigenvalue weighted by Gasteiger charge is 2.25.